The van der Waals surface area contributed by atoms with Gasteiger partial charge in [-0.3, -0.25) is 19.7 Å². The van der Waals surface area contributed by atoms with Crippen LogP contribution in [0.25, 0.3) is 10.8 Å². The zero-order valence-corrected chi connectivity index (χ0v) is 16.0. The first-order chi connectivity index (χ1) is 13.9. The Morgan fingerprint density at radius 1 is 1.00 bits per heavy atom. The predicted molar refractivity (Wildman–Crippen MR) is 110 cm³/mol. The van der Waals surface area contributed by atoms with Crippen molar-refractivity contribution in [1.29, 1.82) is 0 Å². The molecule has 0 aromatic heterocycles. The summed E-state index contributed by atoms with van der Waals surface area (Å²) in [7, 11) is 1.73. The Morgan fingerprint density at radius 2 is 1.69 bits per heavy atom. The second-order valence-electron chi connectivity index (χ2n) is 6.74. The van der Waals surface area contributed by atoms with Gasteiger partial charge in [-0.05, 0) is 34.5 Å². The van der Waals surface area contributed by atoms with E-state index in [1.807, 2.05) is 36.4 Å². The van der Waals surface area contributed by atoms with Gasteiger partial charge in [0.2, 0.25) is 5.91 Å². The van der Waals surface area contributed by atoms with Crippen molar-refractivity contribution in [1.82, 2.24) is 10.2 Å². The van der Waals surface area contributed by atoms with Gasteiger partial charge in [-0.25, -0.2) is 0 Å². The normalized spacial score (nSPS) is 10.5. The minimum Gasteiger partial charge on any atom is -0.352 e. The number of carbonyl (C=O) groups is 2. The highest BCUT2D eigenvalue weighted by atomic mass is 16.6. The molecule has 0 saturated heterocycles. The third-order valence-corrected chi connectivity index (χ3v) is 4.62. The number of nitro groups is 1. The molecule has 3 aromatic rings. The van der Waals surface area contributed by atoms with Crippen LogP contribution in [0.4, 0.5) is 5.69 Å². The molecular weight excluding hydrogens is 370 g/mol. The molecule has 1 N–H and O–H groups in total. The highest BCUT2D eigenvalue weighted by molar-refractivity contribution is 5.94. The SMILES string of the molecule is CN(Cc1ccc2ccccc2c1)C(=O)CCNC(=O)c1ccc([N+](=O)[O-])cc1. The average molecular weight is 391 g/mol. The number of carbonyl (C=O) groups excluding carboxylic acids is 2. The number of nitro benzene ring substituents is 1. The summed E-state index contributed by atoms with van der Waals surface area (Å²) < 4.78 is 0. The van der Waals surface area contributed by atoms with Crippen LogP contribution in [0.3, 0.4) is 0 Å². The molecule has 148 valence electrons. The number of nitrogens with zero attached hydrogens (tertiary/aromatic N) is 2. The fraction of sp³-hybridized carbons (Fsp3) is 0.182. The highest BCUT2D eigenvalue weighted by Gasteiger charge is 2.12. The zero-order valence-electron chi connectivity index (χ0n) is 16.0. The smallest absolute Gasteiger partial charge is 0.269 e. The number of amides is 2. The first-order valence-corrected chi connectivity index (χ1v) is 9.18. The van der Waals surface area contributed by atoms with Gasteiger partial charge in [0, 0.05) is 44.3 Å². The second kappa shape index (κ2) is 8.97. The maximum atomic E-state index is 12.3. The molecule has 0 heterocycles. The van der Waals surface area contributed by atoms with E-state index in [4.69, 9.17) is 0 Å². The molecule has 7 nitrogen and oxygen atoms in total. The number of non-ortho nitro benzene ring substituents is 1. The number of rotatable bonds is 7. The lowest BCUT2D eigenvalue weighted by atomic mass is 10.1. The molecule has 3 aromatic carbocycles. The quantitative estimate of drug-likeness (QED) is 0.493. The molecule has 0 saturated carbocycles. The summed E-state index contributed by atoms with van der Waals surface area (Å²) in [6, 6.07) is 19.5. The van der Waals surface area contributed by atoms with Gasteiger partial charge < -0.3 is 10.2 Å². The summed E-state index contributed by atoms with van der Waals surface area (Å²) in [5.74, 6) is -0.452. The monoisotopic (exact) mass is 391 g/mol. The van der Waals surface area contributed by atoms with Crippen LogP contribution in [0.5, 0.6) is 0 Å². The fourth-order valence-electron chi connectivity index (χ4n) is 3.01. The molecule has 7 heteroatoms. The molecule has 0 unspecified atom stereocenters. The van der Waals surface area contributed by atoms with Crippen LogP contribution in [0.15, 0.2) is 66.7 Å². The van der Waals surface area contributed by atoms with Crippen LogP contribution < -0.4 is 5.32 Å². The van der Waals surface area contributed by atoms with Gasteiger partial charge in [-0.2, -0.15) is 0 Å². The lowest BCUT2D eigenvalue weighted by Crippen LogP contribution is -2.31. The number of hydrogen-bond acceptors (Lipinski definition) is 4. The summed E-state index contributed by atoms with van der Waals surface area (Å²) in [5, 5.41) is 15.6. The zero-order chi connectivity index (χ0) is 20.8. The summed E-state index contributed by atoms with van der Waals surface area (Å²) in [5.41, 5.74) is 1.27. The van der Waals surface area contributed by atoms with Crippen molar-refractivity contribution >= 4 is 28.3 Å². The summed E-state index contributed by atoms with van der Waals surface area (Å²) in [4.78, 5) is 36.2. The molecule has 29 heavy (non-hydrogen) atoms. The van der Waals surface area contributed by atoms with Crippen LogP contribution in [0.1, 0.15) is 22.3 Å². The van der Waals surface area contributed by atoms with Gasteiger partial charge in [-0.1, -0.05) is 36.4 Å². The van der Waals surface area contributed by atoms with Gasteiger partial charge in [-0.15, -0.1) is 0 Å². The topological polar surface area (TPSA) is 92.6 Å². The van der Waals surface area contributed by atoms with Crippen LogP contribution in [0.2, 0.25) is 0 Å². The average Bonchev–Trinajstić information content (AvgIpc) is 2.73. The number of fused-ring (bicyclic) bond motifs is 1. The Morgan fingerprint density at radius 3 is 2.38 bits per heavy atom. The van der Waals surface area contributed by atoms with Crippen molar-refractivity contribution < 1.29 is 14.5 Å². The molecule has 0 atom stereocenters. The van der Waals surface area contributed by atoms with Gasteiger partial charge in [0.1, 0.15) is 0 Å². The standard InChI is InChI=1S/C22H21N3O4/c1-24(15-16-6-7-17-4-2-3-5-19(17)14-16)21(26)12-13-23-22(27)18-8-10-20(11-9-18)25(28)29/h2-11,14H,12-13,15H2,1H3,(H,23,27). The van der Waals surface area contributed by atoms with Gasteiger partial charge in [0.05, 0.1) is 4.92 Å². The molecule has 2 amide bonds. The van der Waals surface area contributed by atoms with Crippen LogP contribution >= 0.6 is 0 Å². The minimum absolute atomic E-state index is 0.0768. The molecular formula is C22H21N3O4. The Kier molecular flexibility index (Phi) is 6.19. The first-order valence-electron chi connectivity index (χ1n) is 9.18. The van der Waals surface area contributed by atoms with Gasteiger partial charge in [0.15, 0.2) is 0 Å². The van der Waals surface area contributed by atoms with Crippen LogP contribution in [-0.4, -0.2) is 35.2 Å². The van der Waals surface area contributed by atoms with Crippen molar-refractivity contribution in [3.63, 3.8) is 0 Å². The van der Waals surface area contributed by atoms with Gasteiger partial charge in [0.25, 0.3) is 11.6 Å². The number of benzene rings is 3. The van der Waals surface area contributed by atoms with E-state index in [0.717, 1.165) is 16.3 Å². The van der Waals surface area contributed by atoms with E-state index >= 15 is 0 Å². The lowest BCUT2D eigenvalue weighted by Gasteiger charge is -2.18. The van der Waals surface area contributed by atoms with E-state index in [0.29, 0.717) is 12.1 Å². The highest BCUT2D eigenvalue weighted by Crippen LogP contribution is 2.17. The molecule has 0 radical (unpaired) electrons. The predicted octanol–water partition coefficient (Wildman–Crippen LogP) is 3.53. The number of hydrogen-bond donors (Lipinski definition) is 1. The summed E-state index contributed by atoms with van der Waals surface area (Å²) in [6.45, 7) is 0.677. The van der Waals surface area contributed by atoms with Crippen molar-refractivity contribution in [2.24, 2.45) is 0 Å². The molecule has 0 aliphatic carbocycles. The van der Waals surface area contributed by atoms with E-state index in [9.17, 15) is 19.7 Å². The first kappa shape index (κ1) is 20.0. The Balaban J connectivity index is 1.49. The van der Waals surface area contributed by atoms with E-state index in [1.165, 1.54) is 24.3 Å². The summed E-state index contributed by atoms with van der Waals surface area (Å²) >= 11 is 0. The Labute approximate surface area is 168 Å². The Bertz CT molecular complexity index is 1050. The van der Waals surface area contributed by atoms with Crippen LogP contribution in [-0.2, 0) is 11.3 Å². The van der Waals surface area contributed by atoms with E-state index < -0.39 is 4.92 Å². The van der Waals surface area contributed by atoms with Crippen molar-refractivity contribution in [3.8, 4) is 0 Å². The molecule has 3 rings (SSSR count). The third-order valence-electron chi connectivity index (χ3n) is 4.62. The lowest BCUT2D eigenvalue weighted by molar-refractivity contribution is -0.384. The van der Waals surface area contributed by atoms with Crippen LogP contribution in [0, 0.1) is 10.1 Å². The third kappa shape index (κ3) is 5.16. The van der Waals surface area contributed by atoms with E-state index in [1.54, 1.807) is 11.9 Å². The molecule has 0 spiro atoms. The number of nitrogens with one attached hydrogen (secondary N) is 1. The van der Waals surface area contributed by atoms with Crippen molar-refractivity contribution in [2.45, 2.75) is 13.0 Å². The minimum atomic E-state index is -0.522. The van der Waals surface area contributed by atoms with Crippen molar-refractivity contribution in [3.05, 3.63) is 88.0 Å². The largest absolute Gasteiger partial charge is 0.352 e. The molecule has 0 fully saturated rings. The molecule has 0 aliphatic heterocycles. The second-order valence-corrected chi connectivity index (χ2v) is 6.74. The molecule has 0 bridgehead atoms. The van der Waals surface area contributed by atoms with Crippen molar-refractivity contribution in [2.75, 3.05) is 13.6 Å². The maximum absolute atomic E-state index is 12.3. The Hall–Kier alpha value is -3.74. The summed E-state index contributed by atoms with van der Waals surface area (Å²) in [6.07, 6.45) is 0.169. The van der Waals surface area contributed by atoms with E-state index in [2.05, 4.69) is 11.4 Å². The fourth-order valence-corrected chi connectivity index (χ4v) is 3.01. The molecule has 0 aliphatic rings. The van der Waals surface area contributed by atoms with E-state index in [-0.39, 0.29) is 30.5 Å². The maximum Gasteiger partial charge on any atom is 0.269 e. The van der Waals surface area contributed by atoms with Gasteiger partial charge >= 0.3 is 0 Å².